The van der Waals surface area contributed by atoms with Crippen LogP contribution in [0.25, 0.3) is 10.9 Å². The predicted octanol–water partition coefficient (Wildman–Crippen LogP) is 3.86. The van der Waals surface area contributed by atoms with Gasteiger partial charge < -0.3 is 5.32 Å². The van der Waals surface area contributed by atoms with Crippen molar-refractivity contribution in [1.29, 1.82) is 0 Å². The van der Waals surface area contributed by atoms with Crippen LogP contribution >= 0.6 is 36.4 Å². The molecule has 120 valence electrons. The van der Waals surface area contributed by atoms with Crippen molar-refractivity contribution >= 4 is 47.3 Å². The van der Waals surface area contributed by atoms with E-state index in [2.05, 4.69) is 33.9 Å². The first kappa shape index (κ1) is 19.2. The number of hydrogen-bond donors (Lipinski definition) is 1. The normalized spacial score (nSPS) is 16.4. The molecular weight excluding hydrogens is 341 g/mol. The Hall–Kier alpha value is -0.840. The standard InChI is InChI=1S/C16H18ClN3.2ClH/c1-2-15(20-9-7-18-8-10-20)13-11-12-5-3-4-6-14(12)19-16(13)17;;/h2-6,11,15,18H,1,7-10H2;2*1H/t15-;;/m1../s1. The molecule has 1 aromatic carbocycles. The minimum Gasteiger partial charge on any atom is -0.314 e. The summed E-state index contributed by atoms with van der Waals surface area (Å²) < 4.78 is 0. The number of rotatable bonds is 3. The molecule has 0 bridgehead atoms. The van der Waals surface area contributed by atoms with Crippen molar-refractivity contribution in [3.8, 4) is 0 Å². The van der Waals surface area contributed by atoms with Crippen LogP contribution in [0.1, 0.15) is 11.6 Å². The number of nitrogens with zero attached hydrogens (tertiary/aromatic N) is 2. The molecule has 6 heteroatoms. The maximum absolute atomic E-state index is 6.39. The summed E-state index contributed by atoms with van der Waals surface area (Å²) >= 11 is 6.39. The van der Waals surface area contributed by atoms with Gasteiger partial charge in [-0.3, -0.25) is 4.90 Å². The summed E-state index contributed by atoms with van der Waals surface area (Å²) in [6.45, 7) is 7.99. The molecule has 1 N–H and O–H groups in total. The molecule has 2 heterocycles. The van der Waals surface area contributed by atoms with Gasteiger partial charge in [0, 0.05) is 37.1 Å². The summed E-state index contributed by atoms with van der Waals surface area (Å²) in [4.78, 5) is 6.90. The fourth-order valence-corrected chi connectivity index (χ4v) is 3.01. The maximum atomic E-state index is 6.39. The Bertz CT molecular complexity index is 627. The van der Waals surface area contributed by atoms with E-state index >= 15 is 0 Å². The smallest absolute Gasteiger partial charge is 0.134 e. The highest BCUT2D eigenvalue weighted by Crippen LogP contribution is 2.30. The SMILES string of the molecule is C=C[C@H](c1cc2ccccc2nc1Cl)N1CCNCC1.Cl.Cl. The molecule has 1 atom stereocenters. The molecule has 1 saturated heterocycles. The van der Waals surface area contributed by atoms with Gasteiger partial charge in [0.25, 0.3) is 0 Å². The Labute approximate surface area is 148 Å². The van der Waals surface area contributed by atoms with E-state index in [4.69, 9.17) is 11.6 Å². The molecule has 0 spiro atoms. The van der Waals surface area contributed by atoms with E-state index in [-0.39, 0.29) is 30.9 Å². The third kappa shape index (κ3) is 3.92. The van der Waals surface area contributed by atoms with Crippen LogP contribution in [0.2, 0.25) is 5.15 Å². The zero-order chi connectivity index (χ0) is 13.9. The van der Waals surface area contributed by atoms with Crippen LogP contribution in [0.4, 0.5) is 0 Å². The number of pyridine rings is 1. The fourth-order valence-electron chi connectivity index (χ4n) is 2.75. The Morgan fingerprint density at radius 2 is 1.91 bits per heavy atom. The van der Waals surface area contributed by atoms with Crippen molar-refractivity contribution in [2.24, 2.45) is 0 Å². The van der Waals surface area contributed by atoms with Gasteiger partial charge in [-0.15, -0.1) is 31.4 Å². The second-order valence-corrected chi connectivity index (χ2v) is 5.39. The molecule has 3 rings (SSSR count). The average Bonchev–Trinajstić information content (AvgIpc) is 2.49. The van der Waals surface area contributed by atoms with Crippen LogP contribution in [0.5, 0.6) is 0 Å². The highest BCUT2D eigenvalue weighted by atomic mass is 35.5. The maximum Gasteiger partial charge on any atom is 0.134 e. The van der Waals surface area contributed by atoms with Crippen molar-refractivity contribution in [3.05, 3.63) is 53.7 Å². The lowest BCUT2D eigenvalue weighted by molar-refractivity contribution is 0.203. The van der Waals surface area contributed by atoms with E-state index in [0.717, 1.165) is 42.6 Å². The predicted molar refractivity (Wildman–Crippen MR) is 98.6 cm³/mol. The van der Waals surface area contributed by atoms with Crippen LogP contribution in [-0.2, 0) is 0 Å². The van der Waals surface area contributed by atoms with Crippen LogP contribution in [-0.4, -0.2) is 36.1 Å². The lowest BCUT2D eigenvalue weighted by atomic mass is 10.0. The largest absolute Gasteiger partial charge is 0.314 e. The Morgan fingerprint density at radius 1 is 1.23 bits per heavy atom. The monoisotopic (exact) mass is 359 g/mol. The highest BCUT2D eigenvalue weighted by Gasteiger charge is 2.22. The van der Waals surface area contributed by atoms with Crippen LogP contribution < -0.4 is 5.32 Å². The van der Waals surface area contributed by atoms with Gasteiger partial charge >= 0.3 is 0 Å². The first-order valence-corrected chi connectivity index (χ1v) is 7.30. The molecule has 0 saturated carbocycles. The third-order valence-corrected chi connectivity index (χ3v) is 4.09. The number of benzene rings is 1. The topological polar surface area (TPSA) is 28.2 Å². The first-order valence-electron chi connectivity index (χ1n) is 6.92. The van der Waals surface area contributed by atoms with Gasteiger partial charge in [-0.05, 0) is 12.1 Å². The minimum atomic E-state index is 0. The number of nitrogens with one attached hydrogen (secondary N) is 1. The van der Waals surface area contributed by atoms with Crippen LogP contribution in [0.15, 0.2) is 43.0 Å². The van der Waals surface area contributed by atoms with Crippen molar-refractivity contribution in [2.75, 3.05) is 26.2 Å². The van der Waals surface area contributed by atoms with Crippen LogP contribution in [0.3, 0.4) is 0 Å². The molecule has 0 aliphatic carbocycles. The zero-order valence-electron chi connectivity index (χ0n) is 12.2. The summed E-state index contributed by atoms with van der Waals surface area (Å²) in [5.74, 6) is 0. The van der Waals surface area contributed by atoms with E-state index in [1.807, 2.05) is 24.3 Å². The van der Waals surface area contributed by atoms with Crippen LogP contribution in [0, 0.1) is 0 Å². The van der Waals surface area contributed by atoms with Gasteiger partial charge in [0.15, 0.2) is 0 Å². The lowest BCUT2D eigenvalue weighted by Crippen LogP contribution is -2.44. The average molecular weight is 361 g/mol. The Kier molecular flexibility index (Phi) is 7.60. The summed E-state index contributed by atoms with van der Waals surface area (Å²) in [5, 5.41) is 5.06. The van der Waals surface area contributed by atoms with E-state index < -0.39 is 0 Å². The molecule has 0 unspecified atom stereocenters. The van der Waals surface area contributed by atoms with Gasteiger partial charge in [-0.2, -0.15) is 0 Å². The first-order chi connectivity index (χ1) is 9.79. The molecule has 1 fully saturated rings. The number of aromatic nitrogens is 1. The molecule has 1 aliphatic heterocycles. The lowest BCUT2D eigenvalue weighted by Gasteiger charge is -2.33. The Morgan fingerprint density at radius 3 is 2.59 bits per heavy atom. The van der Waals surface area contributed by atoms with E-state index in [1.165, 1.54) is 0 Å². The summed E-state index contributed by atoms with van der Waals surface area (Å²) in [6, 6.07) is 10.3. The fraction of sp³-hybridized carbons (Fsp3) is 0.312. The molecular formula is C16H20Cl3N3. The second kappa shape index (κ2) is 8.70. The van der Waals surface area contributed by atoms with E-state index in [9.17, 15) is 0 Å². The van der Waals surface area contributed by atoms with Crippen molar-refractivity contribution in [3.63, 3.8) is 0 Å². The van der Waals surface area contributed by atoms with Crippen molar-refractivity contribution in [2.45, 2.75) is 6.04 Å². The third-order valence-electron chi connectivity index (χ3n) is 3.79. The number of para-hydroxylation sites is 1. The van der Waals surface area contributed by atoms with Gasteiger partial charge in [0.2, 0.25) is 0 Å². The minimum absolute atomic E-state index is 0. The molecule has 2 aromatic rings. The summed E-state index contributed by atoms with van der Waals surface area (Å²) in [5.41, 5.74) is 1.98. The molecule has 1 aromatic heterocycles. The molecule has 22 heavy (non-hydrogen) atoms. The molecule has 0 amide bonds. The Balaban J connectivity index is 0.00000121. The number of piperazine rings is 1. The summed E-state index contributed by atoms with van der Waals surface area (Å²) in [7, 11) is 0. The zero-order valence-corrected chi connectivity index (χ0v) is 14.6. The van der Waals surface area contributed by atoms with Gasteiger partial charge in [-0.25, -0.2) is 4.98 Å². The number of fused-ring (bicyclic) bond motifs is 1. The second-order valence-electron chi connectivity index (χ2n) is 5.03. The number of halogens is 3. The van der Waals surface area contributed by atoms with Gasteiger partial charge in [0.05, 0.1) is 11.6 Å². The molecule has 0 radical (unpaired) electrons. The van der Waals surface area contributed by atoms with Crippen molar-refractivity contribution < 1.29 is 0 Å². The number of hydrogen-bond acceptors (Lipinski definition) is 3. The highest BCUT2D eigenvalue weighted by molar-refractivity contribution is 6.30. The molecule has 1 aliphatic rings. The van der Waals surface area contributed by atoms with Crippen molar-refractivity contribution in [1.82, 2.24) is 15.2 Å². The quantitative estimate of drug-likeness (QED) is 0.665. The van der Waals surface area contributed by atoms with E-state index in [1.54, 1.807) is 0 Å². The molecule has 3 nitrogen and oxygen atoms in total. The van der Waals surface area contributed by atoms with Gasteiger partial charge in [-0.1, -0.05) is 35.9 Å². The summed E-state index contributed by atoms with van der Waals surface area (Å²) in [6.07, 6.45) is 1.96. The van der Waals surface area contributed by atoms with Gasteiger partial charge in [0.1, 0.15) is 5.15 Å². The van der Waals surface area contributed by atoms with E-state index in [0.29, 0.717) is 5.15 Å².